The Kier molecular flexibility index (Phi) is 4.02. The summed E-state index contributed by atoms with van der Waals surface area (Å²) < 4.78 is 5.88. The van der Waals surface area contributed by atoms with Crippen LogP contribution >= 0.6 is 0 Å². The van der Waals surface area contributed by atoms with Gasteiger partial charge >= 0.3 is 5.97 Å². The van der Waals surface area contributed by atoms with E-state index in [-0.39, 0.29) is 6.42 Å². The van der Waals surface area contributed by atoms with E-state index in [0.29, 0.717) is 6.61 Å². The monoisotopic (exact) mass is 383 g/mol. The Hall–Kier alpha value is -3.40. The minimum atomic E-state index is -0.831. The topological polar surface area (TPSA) is 59.4 Å². The van der Waals surface area contributed by atoms with Crippen molar-refractivity contribution in [3.05, 3.63) is 70.9 Å². The van der Waals surface area contributed by atoms with E-state index in [4.69, 9.17) is 9.72 Å². The molecule has 0 aliphatic carbocycles. The molecule has 1 N–H and O–H groups in total. The van der Waals surface area contributed by atoms with Gasteiger partial charge in [-0.2, -0.15) is 0 Å². The molecule has 5 rings (SSSR count). The summed E-state index contributed by atoms with van der Waals surface area (Å²) in [5.41, 5.74) is 7.04. The molecular weight excluding hydrogens is 362 g/mol. The van der Waals surface area contributed by atoms with E-state index in [1.807, 2.05) is 37.4 Å². The Morgan fingerprint density at radius 2 is 1.86 bits per heavy atom. The molecule has 2 heterocycles. The van der Waals surface area contributed by atoms with E-state index in [9.17, 15) is 9.90 Å². The number of aryl methyl sites for hydroxylation is 1. The lowest BCUT2D eigenvalue weighted by Crippen LogP contribution is -2.10. The van der Waals surface area contributed by atoms with E-state index in [2.05, 4.69) is 25.1 Å². The summed E-state index contributed by atoms with van der Waals surface area (Å²) in [6.07, 6.45) is 2.67. The smallest absolute Gasteiger partial charge is 0.307 e. The molecule has 0 bridgehead atoms. The number of aliphatic carboxylic acids is 1. The molecule has 1 aliphatic rings. The summed E-state index contributed by atoms with van der Waals surface area (Å²) in [6.45, 7) is 4.75. The highest BCUT2D eigenvalue weighted by Crippen LogP contribution is 2.43. The second-order valence-corrected chi connectivity index (χ2v) is 7.62. The van der Waals surface area contributed by atoms with Crippen molar-refractivity contribution in [3.8, 4) is 16.9 Å². The average molecular weight is 383 g/mol. The maximum atomic E-state index is 11.7. The molecule has 0 atom stereocenters. The van der Waals surface area contributed by atoms with Gasteiger partial charge in [-0.1, -0.05) is 24.3 Å². The van der Waals surface area contributed by atoms with Crippen LogP contribution in [0.15, 0.2) is 48.7 Å². The van der Waals surface area contributed by atoms with Gasteiger partial charge in [0.25, 0.3) is 0 Å². The molecule has 0 spiro atoms. The van der Waals surface area contributed by atoms with Crippen LogP contribution < -0.4 is 4.74 Å². The number of aromatic nitrogens is 1. The van der Waals surface area contributed by atoms with E-state index >= 15 is 0 Å². The van der Waals surface area contributed by atoms with E-state index < -0.39 is 5.97 Å². The fraction of sp³-hybridized carbons (Fsp3) is 0.200. The lowest BCUT2D eigenvalue weighted by atomic mass is 9.84. The Bertz CT molecular complexity index is 1300. The molecule has 4 aromatic rings. The standard InChI is InChI=1S/C25H21NO3/c1-14-15(2)20(13-22(27)28)24(18-6-4-3-5-17(14)18)19-7-8-21-23-16(10-12-29-21)9-11-26-25(19)23/h3-9,11H,10,12-13H2,1-2H3,(H,27,28). The van der Waals surface area contributed by atoms with Gasteiger partial charge in [-0.25, -0.2) is 0 Å². The minimum absolute atomic E-state index is 0.0216. The lowest BCUT2D eigenvalue weighted by molar-refractivity contribution is -0.136. The molecule has 0 saturated carbocycles. The van der Waals surface area contributed by atoms with Gasteiger partial charge in [-0.15, -0.1) is 0 Å². The number of carboxylic acid groups (broad SMARTS) is 1. The number of hydrogen-bond donors (Lipinski definition) is 1. The second-order valence-electron chi connectivity index (χ2n) is 7.62. The van der Waals surface area contributed by atoms with E-state index in [1.54, 1.807) is 0 Å². The van der Waals surface area contributed by atoms with Crippen molar-refractivity contribution in [2.24, 2.45) is 0 Å². The summed E-state index contributed by atoms with van der Waals surface area (Å²) in [6, 6.07) is 14.3. The zero-order valence-electron chi connectivity index (χ0n) is 16.5. The molecule has 4 nitrogen and oxygen atoms in total. The number of pyridine rings is 1. The van der Waals surface area contributed by atoms with Crippen molar-refractivity contribution < 1.29 is 14.6 Å². The number of ether oxygens (including phenoxy) is 1. The van der Waals surface area contributed by atoms with Crippen molar-refractivity contribution >= 4 is 27.6 Å². The van der Waals surface area contributed by atoms with E-state index in [1.165, 1.54) is 5.56 Å². The number of carboxylic acids is 1. The maximum Gasteiger partial charge on any atom is 0.307 e. The quantitative estimate of drug-likeness (QED) is 0.526. The van der Waals surface area contributed by atoms with Crippen molar-refractivity contribution in [1.29, 1.82) is 0 Å². The molecule has 144 valence electrons. The third-order valence-corrected chi connectivity index (χ3v) is 6.08. The third kappa shape index (κ3) is 2.67. The highest BCUT2D eigenvalue weighted by Gasteiger charge is 2.23. The van der Waals surface area contributed by atoms with Crippen molar-refractivity contribution in [3.63, 3.8) is 0 Å². The largest absolute Gasteiger partial charge is 0.493 e. The average Bonchev–Trinajstić information content (AvgIpc) is 2.73. The number of carbonyl (C=O) groups is 1. The van der Waals surface area contributed by atoms with Gasteiger partial charge in [0.15, 0.2) is 0 Å². The van der Waals surface area contributed by atoms with Gasteiger partial charge in [0, 0.05) is 23.6 Å². The number of nitrogens with zero attached hydrogens (tertiary/aromatic N) is 1. The minimum Gasteiger partial charge on any atom is -0.493 e. The van der Waals surface area contributed by atoms with Crippen LogP contribution in [0.2, 0.25) is 0 Å². The SMILES string of the molecule is Cc1c(CC(=O)O)c(-c2ccc3c4c(ccnc24)CCO3)c2ccccc2c1C. The van der Waals surface area contributed by atoms with E-state index in [0.717, 1.165) is 61.7 Å². The zero-order valence-corrected chi connectivity index (χ0v) is 16.5. The van der Waals surface area contributed by atoms with Crippen LogP contribution in [0, 0.1) is 13.8 Å². The summed E-state index contributed by atoms with van der Waals surface area (Å²) in [7, 11) is 0. The molecular formula is C25H21NO3. The molecule has 1 aromatic heterocycles. The summed E-state index contributed by atoms with van der Waals surface area (Å²) >= 11 is 0. The van der Waals surface area contributed by atoms with Gasteiger partial charge in [0.05, 0.1) is 18.5 Å². The molecule has 1 aliphatic heterocycles. The predicted octanol–water partition coefficient (Wildman–Crippen LogP) is 5.23. The zero-order chi connectivity index (χ0) is 20.1. The van der Waals surface area contributed by atoms with Gasteiger partial charge in [-0.3, -0.25) is 9.78 Å². The first-order valence-corrected chi connectivity index (χ1v) is 9.82. The molecule has 0 fully saturated rings. The number of fused-ring (bicyclic) bond motifs is 1. The number of hydrogen-bond acceptors (Lipinski definition) is 3. The van der Waals surface area contributed by atoms with Crippen molar-refractivity contribution in [2.45, 2.75) is 26.7 Å². The molecule has 3 aromatic carbocycles. The first-order valence-electron chi connectivity index (χ1n) is 9.82. The van der Waals surface area contributed by atoms with Crippen molar-refractivity contribution in [2.75, 3.05) is 6.61 Å². The first kappa shape index (κ1) is 17.7. The molecule has 0 saturated heterocycles. The van der Waals surface area contributed by atoms with Crippen LogP contribution in [0.3, 0.4) is 0 Å². The molecule has 0 amide bonds. The summed E-state index contributed by atoms with van der Waals surface area (Å²) in [5.74, 6) is 0.0223. The highest BCUT2D eigenvalue weighted by atomic mass is 16.5. The van der Waals surface area contributed by atoms with Gasteiger partial charge < -0.3 is 9.84 Å². The fourth-order valence-electron chi connectivity index (χ4n) is 4.59. The summed E-state index contributed by atoms with van der Waals surface area (Å²) in [4.78, 5) is 16.5. The molecule has 0 unspecified atom stereocenters. The molecule has 29 heavy (non-hydrogen) atoms. The third-order valence-electron chi connectivity index (χ3n) is 6.08. The van der Waals surface area contributed by atoms with Crippen LogP contribution in [0.25, 0.3) is 32.8 Å². The predicted molar refractivity (Wildman–Crippen MR) is 115 cm³/mol. The maximum absolute atomic E-state index is 11.7. The van der Waals surface area contributed by atoms with Crippen LogP contribution in [0.1, 0.15) is 22.3 Å². The van der Waals surface area contributed by atoms with Crippen LogP contribution in [-0.2, 0) is 17.6 Å². The van der Waals surface area contributed by atoms with Crippen LogP contribution in [-0.4, -0.2) is 22.7 Å². The van der Waals surface area contributed by atoms with Crippen LogP contribution in [0.4, 0.5) is 0 Å². The molecule has 4 heteroatoms. The Morgan fingerprint density at radius 3 is 2.66 bits per heavy atom. The normalized spacial score (nSPS) is 12.9. The second kappa shape index (κ2) is 6.59. The Balaban J connectivity index is 1.95. The Labute approximate surface area is 168 Å². The fourth-order valence-corrected chi connectivity index (χ4v) is 4.59. The number of rotatable bonds is 3. The summed E-state index contributed by atoms with van der Waals surface area (Å²) in [5, 5.41) is 12.9. The Morgan fingerprint density at radius 1 is 1.07 bits per heavy atom. The first-order chi connectivity index (χ1) is 14.1. The number of benzene rings is 3. The molecule has 0 radical (unpaired) electrons. The van der Waals surface area contributed by atoms with Gasteiger partial charge in [0.2, 0.25) is 0 Å². The van der Waals surface area contributed by atoms with Crippen LogP contribution in [0.5, 0.6) is 5.75 Å². The highest BCUT2D eigenvalue weighted by molar-refractivity contribution is 6.09. The van der Waals surface area contributed by atoms with Crippen molar-refractivity contribution in [1.82, 2.24) is 4.98 Å². The lowest BCUT2D eigenvalue weighted by Gasteiger charge is -2.22. The van der Waals surface area contributed by atoms with Gasteiger partial charge in [0.1, 0.15) is 5.75 Å². The van der Waals surface area contributed by atoms with Gasteiger partial charge in [-0.05, 0) is 70.6 Å².